The fourth-order valence-electron chi connectivity index (χ4n) is 3.89. The second-order valence-corrected chi connectivity index (χ2v) is 7.74. The van der Waals surface area contributed by atoms with Gasteiger partial charge in [0.1, 0.15) is 23.0 Å². The van der Waals surface area contributed by atoms with E-state index in [2.05, 4.69) is 19.1 Å². The first-order chi connectivity index (χ1) is 16.5. The highest BCUT2D eigenvalue weighted by molar-refractivity contribution is 5.82. The van der Waals surface area contributed by atoms with Crippen molar-refractivity contribution in [1.29, 1.82) is 0 Å². The van der Waals surface area contributed by atoms with Gasteiger partial charge in [-0.25, -0.2) is 4.79 Å². The second kappa shape index (κ2) is 10.0. The smallest absolute Gasteiger partial charge is 0.330 e. The van der Waals surface area contributed by atoms with Gasteiger partial charge in [0, 0.05) is 18.1 Å². The molecule has 0 spiro atoms. The van der Waals surface area contributed by atoms with Crippen molar-refractivity contribution in [2.75, 3.05) is 13.2 Å². The van der Waals surface area contributed by atoms with Gasteiger partial charge in [0.25, 0.3) is 0 Å². The zero-order valence-electron chi connectivity index (χ0n) is 18.6. The van der Waals surface area contributed by atoms with Crippen LogP contribution < -0.4 is 9.47 Å². The van der Waals surface area contributed by atoms with E-state index in [1.54, 1.807) is 12.1 Å². The van der Waals surface area contributed by atoms with Crippen LogP contribution in [-0.2, 0) is 9.53 Å². The molecule has 0 aliphatic heterocycles. The largest absolute Gasteiger partial charge is 0.508 e. The van der Waals surface area contributed by atoms with Crippen LogP contribution in [0.25, 0.3) is 16.9 Å². The lowest BCUT2D eigenvalue weighted by Gasteiger charge is -2.12. The Morgan fingerprint density at radius 1 is 1.00 bits per heavy atom. The topological polar surface area (TPSA) is 65.0 Å². The van der Waals surface area contributed by atoms with E-state index >= 15 is 0 Å². The van der Waals surface area contributed by atoms with E-state index in [0.717, 1.165) is 33.9 Å². The van der Waals surface area contributed by atoms with Crippen LogP contribution in [0.5, 0.6) is 17.2 Å². The molecule has 0 fully saturated rings. The number of rotatable bonds is 9. The highest BCUT2D eigenvalue weighted by Crippen LogP contribution is 2.47. The van der Waals surface area contributed by atoms with Gasteiger partial charge in [-0.2, -0.15) is 0 Å². The van der Waals surface area contributed by atoms with Gasteiger partial charge < -0.3 is 19.3 Å². The molecule has 0 aromatic heterocycles. The van der Waals surface area contributed by atoms with Crippen LogP contribution in [0.3, 0.4) is 0 Å². The first-order valence-corrected chi connectivity index (χ1v) is 10.8. The summed E-state index contributed by atoms with van der Waals surface area (Å²) in [6.07, 6.45) is 7.53. The fraction of sp³-hybridized carbons (Fsp3) is 0.138. The summed E-state index contributed by atoms with van der Waals surface area (Å²) >= 11 is 0. The van der Waals surface area contributed by atoms with E-state index < -0.39 is 5.97 Å². The molecule has 0 bridgehead atoms. The molecule has 0 saturated heterocycles. The fourth-order valence-corrected chi connectivity index (χ4v) is 3.89. The zero-order valence-corrected chi connectivity index (χ0v) is 18.6. The molecule has 1 aliphatic carbocycles. The predicted molar refractivity (Wildman–Crippen MR) is 132 cm³/mol. The number of hydrogen-bond donors (Lipinski definition) is 1. The maximum absolute atomic E-state index is 11.0. The molecule has 1 aliphatic rings. The average molecular weight is 453 g/mol. The van der Waals surface area contributed by atoms with Gasteiger partial charge in [-0.15, -0.1) is 6.42 Å². The summed E-state index contributed by atoms with van der Waals surface area (Å²) in [5.74, 6) is 4.16. The lowest BCUT2D eigenvalue weighted by molar-refractivity contribution is -0.137. The van der Waals surface area contributed by atoms with E-state index in [1.807, 2.05) is 48.5 Å². The van der Waals surface area contributed by atoms with E-state index in [9.17, 15) is 9.90 Å². The third kappa shape index (κ3) is 4.82. The minimum Gasteiger partial charge on any atom is -0.508 e. The van der Waals surface area contributed by atoms with Gasteiger partial charge in [-0.05, 0) is 70.8 Å². The Labute approximate surface area is 198 Å². The van der Waals surface area contributed by atoms with Crippen molar-refractivity contribution >= 4 is 11.7 Å². The van der Waals surface area contributed by atoms with Crippen LogP contribution in [0.15, 0.2) is 79.9 Å². The van der Waals surface area contributed by atoms with Crippen molar-refractivity contribution < 1.29 is 24.1 Å². The van der Waals surface area contributed by atoms with Crippen molar-refractivity contribution in [3.63, 3.8) is 0 Å². The van der Waals surface area contributed by atoms with Gasteiger partial charge in [0.2, 0.25) is 0 Å². The molecule has 3 aromatic rings. The Hall–Kier alpha value is -4.43. The monoisotopic (exact) mass is 452 g/mol. The summed E-state index contributed by atoms with van der Waals surface area (Å²) in [7, 11) is 0. The Morgan fingerprint density at radius 3 is 2.38 bits per heavy atom. The van der Waals surface area contributed by atoms with Crippen LogP contribution in [0, 0.1) is 12.3 Å². The number of phenols is 1. The Bertz CT molecular complexity index is 1280. The Morgan fingerprint density at radius 2 is 1.68 bits per heavy atom. The van der Waals surface area contributed by atoms with E-state index in [1.165, 1.54) is 0 Å². The molecule has 170 valence electrons. The molecule has 1 N–H and O–H groups in total. The molecule has 5 heteroatoms. The molecule has 4 rings (SSSR count). The maximum atomic E-state index is 11.0. The number of fused-ring (bicyclic) bond motifs is 3. The molecule has 0 radical (unpaired) electrons. The van der Waals surface area contributed by atoms with E-state index in [4.69, 9.17) is 20.6 Å². The van der Waals surface area contributed by atoms with Crippen LogP contribution in [0.1, 0.15) is 29.0 Å². The Balaban J connectivity index is 1.38. The summed E-state index contributed by atoms with van der Waals surface area (Å²) in [6, 6.07) is 18.5. The number of ether oxygens (including phenoxy) is 3. The summed E-state index contributed by atoms with van der Waals surface area (Å²) in [6.45, 7) is 8.10. The summed E-state index contributed by atoms with van der Waals surface area (Å²) in [4.78, 5) is 11.0. The first kappa shape index (κ1) is 22.8. The summed E-state index contributed by atoms with van der Waals surface area (Å²) in [5, 5.41) is 9.87. The van der Waals surface area contributed by atoms with Crippen molar-refractivity contribution in [2.24, 2.45) is 0 Å². The van der Waals surface area contributed by atoms with Crippen molar-refractivity contribution in [3.8, 4) is 40.7 Å². The molecule has 3 aromatic carbocycles. The molecule has 1 atom stereocenters. The molecule has 34 heavy (non-hydrogen) atoms. The van der Waals surface area contributed by atoms with Gasteiger partial charge in [0.15, 0.2) is 0 Å². The SMILES string of the molecule is C#CC1c2cc(O)ccc2-c2ccc(OC(=C)c3ccc(OCCCOC(=O)C=C)cc3)cc21. The number of hydrogen-bond acceptors (Lipinski definition) is 5. The molecule has 0 saturated carbocycles. The van der Waals surface area contributed by atoms with Crippen LogP contribution >= 0.6 is 0 Å². The van der Waals surface area contributed by atoms with E-state index in [0.29, 0.717) is 30.3 Å². The zero-order chi connectivity index (χ0) is 24.1. The summed E-state index contributed by atoms with van der Waals surface area (Å²) in [5.41, 5.74) is 4.76. The first-order valence-electron chi connectivity index (χ1n) is 10.8. The molecule has 1 unspecified atom stereocenters. The maximum Gasteiger partial charge on any atom is 0.330 e. The normalized spacial score (nSPS) is 13.2. The third-order valence-electron chi connectivity index (χ3n) is 5.52. The second-order valence-electron chi connectivity index (χ2n) is 7.74. The highest BCUT2D eigenvalue weighted by Gasteiger charge is 2.28. The third-order valence-corrected chi connectivity index (χ3v) is 5.52. The minimum atomic E-state index is -0.440. The Kier molecular flexibility index (Phi) is 6.70. The van der Waals surface area contributed by atoms with Gasteiger partial charge in [-0.1, -0.05) is 31.2 Å². The molecular weight excluding hydrogens is 428 g/mol. The summed E-state index contributed by atoms with van der Waals surface area (Å²) < 4.78 is 16.6. The number of aromatic hydroxyl groups is 1. The molecular formula is C29H24O5. The molecule has 0 heterocycles. The number of terminal acetylenes is 1. The minimum absolute atomic E-state index is 0.195. The van der Waals surface area contributed by atoms with Crippen LogP contribution in [0.2, 0.25) is 0 Å². The molecule has 5 nitrogen and oxygen atoms in total. The number of carbonyl (C=O) groups excluding carboxylic acids is 1. The van der Waals surface area contributed by atoms with Crippen molar-refractivity contribution in [3.05, 3.63) is 96.6 Å². The van der Waals surface area contributed by atoms with Crippen LogP contribution in [0.4, 0.5) is 0 Å². The van der Waals surface area contributed by atoms with Crippen molar-refractivity contribution in [2.45, 2.75) is 12.3 Å². The average Bonchev–Trinajstić information content (AvgIpc) is 3.15. The standard InChI is InChI=1S/C29H24O5/c1-4-24-27-17-21(30)9-13-25(27)26-14-12-23(18-28(24)26)34-19(3)20-7-10-22(11-8-20)32-15-6-16-33-29(31)5-2/h1,5,7-14,17-18,24,30H,2-3,6,15-16H2. The van der Waals surface area contributed by atoms with Crippen molar-refractivity contribution in [1.82, 2.24) is 0 Å². The van der Waals surface area contributed by atoms with Gasteiger partial charge in [0.05, 0.1) is 19.1 Å². The number of benzene rings is 3. The van der Waals surface area contributed by atoms with Gasteiger partial charge in [-0.3, -0.25) is 0 Å². The highest BCUT2D eigenvalue weighted by atomic mass is 16.5. The van der Waals surface area contributed by atoms with Crippen LogP contribution in [-0.4, -0.2) is 24.3 Å². The number of phenolic OH excluding ortho intramolecular Hbond substituents is 1. The lowest BCUT2D eigenvalue weighted by atomic mass is 9.98. The predicted octanol–water partition coefficient (Wildman–Crippen LogP) is 5.69. The lowest BCUT2D eigenvalue weighted by Crippen LogP contribution is -2.06. The number of esters is 1. The number of carbonyl (C=O) groups is 1. The van der Waals surface area contributed by atoms with Gasteiger partial charge >= 0.3 is 5.97 Å². The quantitative estimate of drug-likeness (QED) is 0.149. The molecule has 0 amide bonds. The van der Waals surface area contributed by atoms with E-state index in [-0.39, 0.29) is 18.3 Å².